The molecular formula is C14H24N2. The van der Waals surface area contributed by atoms with Gasteiger partial charge in [0.25, 0.3) is 0 Å². The number of nitrogens with two attached hydrogens (primary N) is 1. The molecule has 1 aromatic carbocycles. The fourth-order valence-corrected chi connectivity index (χ4v) is 1.72. The fourth-order valence-electron chi connectivity index (χ4n) is 1.72. The zero-order valence-corrected chi connectivity index (χ0v) is 10.5. The van der Waals surface area contributed by atoms with Crippen LogP contribution in [0.1, 0.15) is 31.4 Å². The summed E-state index contributed by atoms with van der Waals surface area (Å²) in [4.78, 5) is 0. The topological polar surface area (TPSA) is 38.0 Å². The Labute approximate surface area is 99.2 Å². The second-order valence-electron chi connectivity index (χ2n) is 4.44. The lowest BCUT2D eigenvalue weighted by Gasteiger charge is -2.11. The van der Waals surface area contributed by atoms with Gasteiger partial charge in [0.1, 0.15) is 0 Å². The molecule has 90 valence electrons. The first-order valence-corrected chi connectivity index (χ1v) is 6.25. The molecule has 0 spiro atoms. The maximum absolute atomic E-state index is 5.70. The van der Waals surface area contributed by atoms with Gasteiger partial charge in [-0.3, -0.25) is 0 Å². The summed E-state index contributed by atoms with van der Waals surface area (Å²) in [6.07, 6.45) is 2.32. The third kappa shape index (κ3) is 4.33. The van der Waals surface area contributed by atoms with Gasteiger partial charge >= 0.3 is 0 Å². The molecule has 0 aliphatic heterocycles. The Bertz CT molecular complexity index is 297. The minimum absolute atomic E-state index is 0.640. The lowest BCUT2D eigenvalue weighted by Crippen LogP contribution is -2.23. The first-order chi connectivity index (χ1) is 7.77. The van der Waals surface area contributed by atoms with Crippen LogP contribution < -0.4 is 11.1 Å². The highest BCUT2D eigenvalue weighted by Gasteiger charge is 2.00. The van der Waals surface area contributed by atoms with E-state index in [-0.39, 0.29) is 0 Å². The summed E-state index contributed by atoms with van der Waals surface area (Å²) in [5.41, 5.74) is 8.35. The van der Waals surface area contributed by atoms with Crippen LogP contribution in [-0.2, 0) is 13.0 Å². The summed E-state index contributed by atoms with van der Waals surface area (Å²) < 4.78 is 0. The van der Waals surface area contributed by atoms with Gasteiger partial charge in [-0.2, -0.15) is 0 Å². The first-order valence-electron chi connectivity index (χ1n) is 6.25. The van der Waals surface area contributed by atoms with E-state index in [9.17, 15) is 0 Å². The van der Waals surface area contributed by atoms with Crippen LogP contribution in [0, 0.1) is 5.92 Å². The number of hydrogen-bond donors (Lipinski definition) is 2. The number of nitrogens with one attached hydrogen (secondary N) is 1. The molecule has 0 radical (unpaired) electrons. The molecular weight excluding hydrogens is 196 g/mol. The average Bonchev–Trinajstić information content (AvgIpc) is 2.34. The smallest absolute Gasteiger partial charge is 0.0180 e. The summed E-state index contributed by atoms with van der Waals surface area (Å²) >= 11 is 0. The molecule has 2 nitrogen and oxygen atoms in total. The van der Waals surface area contributed by atoms with Crippen molar-refractivity contribution in [3.63, 3.8) is 0 Å². The van der Waals surface area contributed by atoms with Gasteiger partial charge in [0.15, 0.2) is 0 Å². The molecule has 0 saturated heterocycles. The molecule has 0 amide bonds. The Morgan fingerprint density at radius 3 is 2.56 bits per heavy atom. The molecule has 0 aliphatic rings. The highest BCUT2D eigenvalue weighted by Crippen LogP contribution is 2.08. The fraction of sp³-hybridized carbons (Fsp3) is 0.571. The normalized spacial score (nSPS) is 12.7. The van der Waals surface area contributed by atoms with Crippen molar-refractivity contribution < 1.29 is 0 Å². The summed E-state index contributed by atoms with van der Waals surface area (Å²) in [6, 6.07) is 8.43. The molecule has 0 aromatic heterocycles. The molecule has 0 fully saturated rings. The Kier molecular flexibility index (Phi) is 6.12. The highest BCUT2D eigenvalue weighted by molar-refractivity contribution is 5.27. The second kappa shape index (κ2) is 7.42. The number of hydrogen-bond acceptors (Lipinski definition) is 2. The Hall–Kier alpha value is -0.860. The molecule has 1 aromatic rings. The van der Waals surface area contributed by atoms with Gasteiger partial charge < -0.3 is 11.1 Å². The van der Waals surface area contributed by atoms with E-state index < -0.39 is 0 Å². The third-order valence-electron chi connectivity index (χ3n) is 3.10. The number of benzene rings is 1. The maximum Gasteiger partial charge on any atom is 0.0180 e. The van der Waals surface area contributed by atoms with E-state index in [4.69, 9.17) is 5.73 Å². The van der Waals surface area contributed by atoms with Crippen molar-refractivity contribution in [1.82, 2.24) is 5.32 Å². The molecule has 0 saturated carbocycles. The van der Waals surface area contributed by atoms with E-state index in [1.54, 1.807) is 0 Å². The van der Waals surface area contributed by atoms with E-state index in [2.05, 4.69) is 43.4 Å². The largest absolute Gasteiger partial charge is 0.326 e. The molecule has 1 atom stereocenters. The van der Waals surface area contributed by atoms with Crippen LogP contribution in [0.25, 0.3) is 0 Å². The van der Waals surface area contributed by atoms with Crippen molar-refractivity contribution in [2.45, 2.75) is 33.2 Å². The van der Waals surface area contributed by atoms with Gasteiger partial charge in [-0.05, 0) is 36.6 Å². The molecule has 3 N–H and O–H groups in total. The maximum atomic E-state index is 5.70. The quantitative estimate of drug-likeness (QED) is 0.692. The number of rotatable bonds is 7. The van der Waals surface area contributed by atoms with Crippen LogP contribution in [0.15, 0.2) is 24.3 Å². The highest BCUT2D eigenvalue weighted by atomic mass is 14.8. The van der Waals surface area contributed by atoms with Crippen LogP contribution >= 0.6 is 0 Å². The summed E-state index contributed by atoms with van der Waals surface area (Å²) in [6.45, 7) is 7.31. The zero-order chi connectivity index (χ0) is 11.8. The van der Waals surface area contributed by atoms with Crippen molar-refractivity contribution in [3.05, 3.63) is 35.4 Å². The first kappa shape index (κ1) is 13.2. The monoisotopic (exact) mass is 220 g/mol. The molecule has 0 bridgehead atoms. The van der Waals surface area contributed by atoms with Crippen molar-refractivity contribution in [1.29, 1.82) is 0 Å². The van der Waals surface area contributed by atoms with Crippen molar-refractivity contribution in [2.24, 2.45) is 11.7 Å². The Morgan fingerprint density at radius 2 is 1.94 bits per heavy atom. The molecule has 0 aliphatic carbocycles. The van der Waals surface area contributed by atoms with Crippen LogP contribution in [0.4, 0.5) is 0 Å². The Balaban J connectivity index is 2.31. The molecule has 0 heterocycles. The van der Waals surface area contributed by atoms with Crippen LogP contribution in [-0.4, -0.2) is 13.1 Å². The predicted octanol–water partition coefficient (Wildman–Crippen LogP) is 2.32. The second-order valence-corrected chi connectivity index (χ2v) is 4.44. The van der Waals surface area contributed by atoms with Gasteiger partial charge in [-0.1, -0.05) is 44.5 Å². The van der Waals surface area contributed by atoms with Crippen LogP contribution in [0.5, 0.6) is 0 Å². The van der Waals surface area contributed by atoms with Crippen molar-refractivity contribution in [3.8, 4) is 0 Å². The van der Waals surface area contributed by atoms with Crippen LogP contribution in [0.2, 0.25) is 0 Å². The lowest BCUT2D eigenvalue weighted by atomic mass is 10.0. The SMILES string of the molecule is CCC(C)CNCCc1ccccc1CN. The van der Waals surface area contributed by atoms with Gasteiger partial charge in [-0.25, -0.2) is 0 Å². The zero-order valence-electron chi connectivity index (χ0n) is 10.5. The van der Waals surface area contributed by atoms with Crippen LogP contribution in [0.3, 0.4) is 0 Å². The minimum atomic E-state index is 0.640. The lowest BCUT2D eigenvalue weighted by molar-refractivity contribution is 0.502. The van der Waals surface area contributed by atoms with Gasteiger partial charge in [0.05, 0.1) is 0 Å². The van der Waals surface area contributed by atoms with E-state index in [1.165, 1.54) is 17.5 Å². The van der Waals surface area contributed by atoms with E-state index >= 15 is 0 Å². The van der Waals surface area contributed by atoms with E-state index in [0.29, 0.717) is 6.54 Å². The van der Waals surface area contributed by atoms with Gasteiger partial charge in [0.2, 0.25) is 0 Å². The molecule has 16 heavy (non-hydrogen) atoms. The minimum Gasteiger partial charge on any atom is -0.326 e. The standard InChI is InChI=1S/C14H24N2/c1-3-12(2)11-16-9-8-13-6-4-5-7-14(13)10-15/h4-7,12,16H,3,8-11,15H2,1-2H3. The average molecular weight is 220 g/mol. The summed E-state index contributed by atoms with van der Waals surface area (Å²) in [5, 5.41) is 3.50. The van der Waals surface area contributed by atoms with E-state index in [1.807, 2.05) is 0 Å². The summed E-state index contributed by atoms with van der Waals surface area (Å²) in [5.74, 6) is 0.768. The third-order valence-corrected chi connectivity index (χ3v) is 3.10. The molecule has 1 unspecified atom stereocenters. The molecule has 2 heteroatoms. The van der Waals surface area contributed by atoms with Crippen molar-refractivity contribution in [2.75, 3.05) is 13.1 Å². The van der Waals surface area contributed by atoms with Gasteiger partial charge in [0, 0.05) is 6.54 Å². The van der Waals surface area contributed by atoms with E-state index in [0.717, 1.165) is 25.4 Å². The summed E-state index contributed by atoms with van der Waals surface area (Å²) in [7, 11) is 0. The molecule has 1 rings (SSSR count). The van der Waals surface area contributed by atoms with Crippen molar-refractivity contribution >= 4 is 0 Å². The van der Waals surface area contributed by atoms with Gasteiger partial charge in [-0.15, -0.1) is 0 Å². The predicted molar refractivity (Wildman–Crippen MR) is 70.4 cm³/mol. The Morgan fingerprint density at radius 1 is 1.25 bits per heavy atom.